The fourth-order valence-electron chi connectivity index (χ4n) is 3.10. The Labute approximate surface area is 179 Å². The Morgan fingerprint density at radius 1 is 0.903 bits per heavy atom. The molecular weight excluding hydrogens is 398 g/mol. The highest BCUT2D eigenvalue weighted by molar-refractivity contribution is 6.06. The monoisotopic (exact) mass is 420 g/mol. The van der Waals surface area contributed by atoms with E-state index in [0.29, 0.717) is 17.8 Å². The van der Waals surface area contributed by atoms with Crippen LogP contribution in [0.25, 0.3) is 0 Å². The molecule has 4 nitrogen and oxygen atoms in total. The number of nitrogens with zero attached hydrogens (tertiary/aromatic N) is 1. The molecule has 0 aliphatic rings. The van der Waals surface area contributed by atoms with Crippen molar-refractivity contribution in [1.29, 1.82) is 0 Å². The summed E-state index contributed by atoms with van der Waals surface area (Å²) in [5.41, 5.74) is 2.17. The van der Waals surface area contributed by atoms with E-state index in [1.165, 1.54) is 41.3 Å². The first-order chi connectivity index (χ1) is 15.0. The van der Waals surface area contributed by atoms with Crippen LogP contribution in [0.4, 0.5) is 14.5 Å². The molecule has 0 aliphatic heterocycles. The van der Waals surface area contributed by atoms with Gasteiger partial charge in [0.15, 0.2) is 0 Å². The molecule has 2 amide bonds. The van der Waals surface area contributed by atoms with Crippen LogP contribution >= 0.6 is 0 Å². The van der Waals surface area contributed by atoms with E-state index < -0.39 is 11.7 Å². The number of hydrogen-bond donors (Lipinski definition) is 1. The van der Waals surface area contributed by atoms with Crippen molar-refractivity contribution in [2.45, 2.75) is 13.0 Å². The molecule has 6 heteroatoms. The van der Waals surface area contributed by atoms with Crippen LogP contribution in [-0.2, 0) is 17.8 Å². The lowest BCUT2D eigenvalue weighted by atomic mass is 10.1. The molecule has 0 spiro atoms. The summed E-state index contributed by atoms with van der Waals surface area (Å²) in [5.74, 6) is -1.46. The zero-order valence-electron chi connectivity index (χ0n) is 16.9. The molecule has 1 N–H and O–H groups in total. The summed E-state index contributed by atoms with van der Waals surface area (Å²) < 4.78 is 27.0. The molecule has 31 heavy (non-hydrogen) atoms. The second-order valence-electron chi connectivity index (χ2n) is 6.97. The number of carbonyl (C=O) groups excluding carboxylic acids is 2. The van der Waals surface area contributed by atoms with Crippen molar-refractivity contribution >= 4 is 17.5 Å². The lowest BCUT2D eigenvalue weighted by Gasteiger charge is -2.24. The Morgan fingerprint density at radius 2 is 1.65 bits per heavy atom. The molecular formula is C25H22F2N2O2. The number of nitrogens with one attached hydrogen (secondary N) is 1. The molecule has 0 saturated carbocycles. The van der Waals surface area contributed by atoms with Crippen LogP contribution in [0.2, 0.25) is 0 Å². The molecule has 0 saturated heterocycles. The second-order valence-corrected chi connectivity index (χ2v) is 6.97. The van der Waals surface area contributed by atoms with Gasteiger partial charge in [0.2, 0.25) is 5.91 Å². The van der Waals surface area contributed by atoms with Crippen LogP contribution in [0.1, 0.15) is 21.5 Å². The van der Waals surface area contributed by atoms with Crippen LogP contribution in [0.15, 0.2) is 85.5 Å². The molecule has 0 aromatic heterocycles. The first-order valence-corrected chi connectivity index (χ1v) is 9.74. The van der Waals surface area contributed by atoms with Gasteiger partial charge in [-0.25, -0.2) is 8.78 Å². The smallest absolute Gasteiger partial charge is 0.258 e. The Hall–Kier alpha value is -3.80. The maximum atomic E-state index is 13.7. The fraction of sp³-hybridized carbons (Fsp3) is 0.120. The molecule has 0 aliphatic carbocycles. The lowest BCUT2D eigenvalue weighted by molar-refractivity contribution is -0.120. The third-order valence-corrected chi connectivity index (χ3v) is 4.60. The molecule has 0 unspecified atom stereocenters. The van der Waals surface area contributed by atoms with Crippen LogP contribution in [0.3, 0.4) is 0 Å². The minimum atomic E-state index is -0.514. The highest BCUT2D eigenvalue weighted by atomic mass is 19.1. The third kappa shape index (κ3) is 6.09. The Morgan fingerprint density at radius 3 is 2.35 bits per heavy atom. The van der Waals surface area contributed by atoms with E-state index in [9.17, 15) is 18.4 Å². The number of rotatable bonds is 8. The van der Waals surface area contributed by atoms with Gasteiger partial charge >= 0.3 is 0 Å². The second kappa shape index (κ2) is 10.3. The topological polar surface area (TPSA) is 49.4 Å². The van der Waals surface area contributed by atoms with E-state index in [4.69, 9.17) is 0 Å². The van der Waals surface area contributed by atoms with Gasteiger partial charge in [-0.1, -0.05) is 36.4 Å². The molecule has 3 aromatic carbocycles. The van der Waals surface area contributed by atoms with E-state index in [0.717, 1.165) is 5.56 Å². The number of halogens is 2. The summed E-state index contributed by atoms with van der Waals surface area (Å²) in [6.07, 6.45) is 1.73. The molecule has 0 bridgehead atoms. The van der Waals surface area contributed by atoms with Gasteiger partial charge in [0.1, 0.15) is 11.6 Å². The summed E-state index contributed by atoms with van der Waals surface area (Å²) in [5, 5.41) is 2.71. The zero-order valence-corrected chi connectivity index (χ0v) is 16.9. The van der Waals surface area contributed by atoms with Gasteiger partial charge in [-0.05, 0) is 53.6 Å². The predicted octanol–water partition coefficient (Wildman–Crippen LogP) is 4.66. The summed E-state index contributed by atoms with van der Waals surface area (Å²) >= 11 is 0. The molecule has 3 aromatic rings. The summed E-state index contributed by atoms with van der Waals surface area (Å²) in [4.78, 5) is 26.8. The summed E-state index contributed by atoms with van der Waals surface area (Å²) in [7, 11) is 0. The highest BCUT2D eigenvalue weighted by Gasteiger charge is 2.19. The Balaban J connectivity index is 1.92. The average molecular weight is 420 g/mol. The average Bonchev–Trinajstić information content (AvgIpc) is 2.77. The quantitative estimate of drug-likeness (QED) is 0.539. The Bertz CT molecular complexity index is 1080. The standard InChI is InChI=1S/C25H22F2N2O2/c1-2-13-28-24(30)15-19-5-3-8-23(14-19)29(17-18-9-11-21(26)12-10-18)25(31)20-6-4-7-22(27)16-20/h2-12,14,16H,1,13,15,17H2,(H,28,30). The lowest BCUT2D eigenvalue weighted by Crippen LogP contribution is -2.31. The summed E-state index contributed by atoms with van der Waals surface area (Å²) in [6, 6.07) is 18.3. The van der Waals surface area contributed by atoms with Gasteiger partial charge in [-0.15, -0.1) is 6.58 Å². The van der Waals surface area contributed by atoms with Gasteiger partial charge in [-0.3, -0.25) is 9.59 Å². The molecule has 158 valence electrons. The van der Waals surface area contributed by atoms with Gasteiger partial charge in [0, 0.05) is 17.8 Å². The van der Waals surface area contributed by atoms with E-state index >= 15 is 0 Å². The molecule has 3 rings (SSSR count). The third-order valence-electron chi connectivity index (χ3n) is 4.60. The number of carbonyl (C=O) groups is 2. The zero-order chi connectivity index (χ0) is 22.2. The number of amides is 2. The predicted molar refractivity (Wildman–Crippen MR) is 117 cm³/mol. The minimum Gasteiger partial charge on any atom is -0.352 e. The number of benzene rings is 3. The van der Waals surface area contributed by atoms with Crippen molar-refractivity contribution in [3.8, 4) is 0 Å². The van der Waals surface area contributed by atoms with Crippen LogP contribution in [0, 0.1) is 11.6 Å². The highest BCUT2D eigenvalue weighted by Crippen LogP contribution is 2.22. The molecule has 0 heterocycles. The molecule has 0 fully saturated rings. The van der Waals surface area contributed by atoms with E-state index in [1.807, 2.05) is 0 Å². The maximum absolute atomic E-state index is 13.7. The van der Waals surface area contributed by atoms with Gasteiger partial charge in [0.05, 0.1) is 13.0 Å². The first kappa shape index (κ1) is 21.9. The largest absolute Gasteiger partial charge is 0.352 e. The molecule has 0 atom stereocenters. The van der Waals surface area contributed by atoms with E-state index in [2.05, 4.69) is 11.9 Å². The number of hydrogen-bond acceptors (Lipinski definition) is 2. The Kier molecular flexibility index (Phi) is 7.27. The van der Waals surface area contributed by atoms with Crippen LogP contribution in [-0.4, -0.2) is 18.4 Å². The fourth-order valence-corrected chi connectivity index (χ4v) is 3.10. The van der Waals surface area contributed by atoms with Gasteiger partial charge in [-0.2, -0.15) is 0 Å². The van der Waals surface area contributed by atoms with Gasteiger partial charge in [0.25, 0.3) is 5.91 Å². The number of anilines is 1. The first-order valence-electron chi connectivity index (χ1n) is 9.74. The van der Waals surface area contributed by atoms with E-state index in [1.54, 1.807) is 42.5 Å². The molecule has 0 radical (unpaired) electrons. The maximum Gasteiger partial charge on any atom is 0.258 e. The van der Waals surface area contributed by atoms with Crippen molar-refractivity contribution in [1.82, 2.24) is 5.32 Å². The normalized spacial score (nSPS) is 10.4. The SMILES string of the molecule is C=CCNC(=O)Cc1cccc(N(Cc2ccc(F)cc2)C(=O)c2cccc(F)c2)c1. The van der Waals surface area contributed by atoms with Crippen LogP contribution in [0.5, 0.6) is 0 Å². The van der Waals surface area contributed by atoms with Crippen molar-refractivity contribution in [2.75, 3.05) is 11.4 Å². The minimum absolute atomic E-state index is 0.139. The van der Waals surface area contributed by atoms with E-state index in [-0.39, 0.29) is 30.3 Å². The van der Waals surface area contributed by atoms with Crippen molar-refractivity contribution in [3.63, 3.8) is 0 Å². The van der Waals surface area contributed by atoms with Crippen LogP contribution < -0.4 is 10.2 Å². The summed E-state index contributed by atoms with van der Waals surface area (Å²) in [6.45, 7) is 4.09. The van der Waals surface area contributed by atoms with Crippen molar-refractivity contribution in [3.05, 3.63) is 114 Å². The van der Waals surface area contributed by atoms with Crippen molar-refractivity contribution in [2.24, 2.45) is 0 Å². The van der Waals surface area contributed by atoms with Gasteiger partial charge < -0.3 is 10.2 Å². The van der Waals surface area contributed by atoms with Crippen molar-refractivity contribution < 1.29 is 18.4 Å².